The molecule has 0 aromatic carbocycles. The standard InChI is InChI=1S/C17H34N4O3/c1-5-24-16(22)7-6-8-19-17(18-4)20-13-15(14(2)3)21-9-11-23-12-10-21/h14-15H,5-13H2,1-4H3,(H2,18,19,20). The Labute approximate surface area is 146 Å². The van der Waals surface area contributed by atoms with Crippen molar-refractivity contribution in [3.05, 3.63) is 0 Å². The normalized spacial score (nSPS) is 17.6. The summed E-state index contributed by atoms with van der Waals surface area (Å²) >= 11 is 0. The number of rotatable bonds is 9. The zero-order valence-corrected chi connectivity index (χ0v) is 15.6. The number of nitrogens with zero attached hydrogens (tertiary/aromatic N) is 2. The van der Waals surface area contributed by atoms with E-state index in [0.717, 1.165) is 45.2 Å². The topological polar surface area (TPSA) is 75.2 Å². The van der Waals surface area contributed by atoms with E-state index in [1.807, 2.05) is 6.92 Å². The maximum atomic E-state index is 11.3. The van der Waals surface area contributed by atoms with Gasteiger partial charge in [0.15, 0.2) is 5.96 Å². The Kier molecular flexibility index (Phi) is 10.4. The molecule has 0 aliphatic carbocycles. The molecule has 1 aliphatic heterocycles. The van der Waals surface area contributed by atoms with Crippen LogP contribution in [0.4, 0.5) is 0 Å². The fraction of sp³-hybridized carbons (Fsp3) is 0.882. The van der Waals surface area contributed by atoms with E-state index in [0.29, 0.717) is 31.5 Å². The Hall–Kier alpha value is -1.34. The number of nitrogens with one attached hydrogen (secondary N) is 2. The number of carbonyl (C=O) groups is 1. The molecular weight excluding hydrogens is 308 g/mol. The molecule has 0 saturated carbocycles. The van der Waals surface area contributed by atoms with E-state index in [9.17, 15) is 4.79 Å². The van der Waals surface area contributed by atoms with E-state index < -0.39 is 0 Å². The number of guanidine groups is 1. The van der Waals surface area contributed by atoms with Crippen molar-refractivity contribution in [1.82, 2.24) is 15.5 Å². The van der Waals surface area contributed by atoms with Crippen molar-refractivity contribution in [3.8, 4) is 0 Å². The molecule has 1 rings (SSSR count). The third-order valence-corrected chi connectivity index (χ3v) is 4.14. The molecule has 1 unspecified atom stereocenters. The van der Waals surface area contributed by atoms with Gasteiger partial charge in [0, 0.05) is 45.7 Å². The molecule has 0 aromatic rings. The highest BCUT2D eigenvalue weighted by Crippen LogP contribution is 2.12. The molecule has 1 heterocycles. The highest BCUT2D eigenvalue weighted by atomic mass is 16.5. The van der Waals surface area contributed by atoms with Crippen molar-refractivity contribution in [2.75, 3.05) is 53.0 Å². The Morgan fingerprint density at radius 1 is 1.29 bits per heavy atom. The molecule has 1 aliphatic rings. The van der Waals surface area contributed by atoms with E-state index in [1.54, 1.807) is 7.05 Å². The Bertz CT molecular complexity index is 382. The van der Waals surface area contributed by atoms with Gasteiger partial charge >= 0.3 is 5.97 Å². The molecule has 0 radical (unpaired) electrons. The summed E-state index contributed by atoms with van der Waals surface area (Å²) in [6.07, 6.45) is 1.16. The van der Waals surface area contributed by atoms with Crippen LogP contribution >= 0.6 is 0 Å². The van der Waals surface area contributed by atoms with Crippen LogP contribution in [0.2, 0.25) is 0 Å². The first kappa shape index (κ1) is 20.7. The van der Waals surface area contributed by atoms with Crippen molar-refractivity contribution >= 4 is 11.9 Å². The average molecular weight is 342 g/mol. The molecule has 1 fully saturated rings. The average Bonchev–Trinajstić information content (AvgIpc) is 2.58. The second-order valence-electron chi connectivity index (χ2n) is 6.25. The lowest BCUT2D eigenvalue weighted by Crippen LogP contribution is -2.52. The first-order chi connectivity index (χ1) is 11.6. The number of hydrogen-bond acceptors (Lipinski definition) is 5. The van der Waals surface area contributed by atoms with Crippen LogP contribution in [0.15, 0.2) is 4.99 Å². The highest BCUT2D eigenvalue weighted by Gasteiger charge is 2.23. The van der Waals surface area contributed by atoms with E-state index in [1.165, 1.54) is 0 Å². The lowest BCUT2D eigenvalue weighted by molar-refractivity contribution is -0.143. The minimum Gasteiger partial charge on any atom is -0.466 e. The summed E-state index contributed by atoms with van der Waals surface area (Å²) in [7, 11) is 1.76. The van der Waals surface area contributed by atoms with Gasteiger partial charge < -0.3 is 20.1 Å². The summed E-state index contributed by atoms with van der Waals surface area (Å²) in [5, 5.41) is 6.65. The van der Waals surface area contributed by atoms with Crippen LogP contribution in [0.3, 0.4) is 0 Å². The molecule has 0 aromatic heterocycles. The van der Waals surface area contributed by atoms with Crippen LogP contribution in [-0.2, 0) is 14.3 Å². The van der Waals surface area contributed by atoms with Crippen LogP contribution in [0, 0.1) is 5.92 Å². The van der Waals surface area contributed by atoms with Crippen molar-refractivity contribution in [2.24, 2.45) is 10.9 Å². The monoisotopic (exact) mass is 342 g/mol. The summed E-state index contributed by atoms with van der Waals surface area (Å²) in [4.78, 5) is 18.0. The van der Waals surface area contributed by atoms with Gasteiger partial charge in [-0.2, -0.15) is 0 Å². The number of hydrogen-bond donors (Lipinski definition) is 2. The maximum absolute atomic E-state index is 11.3. The van der Waals surface area contributed by atoms with Crippen LogP contribution in [0.25, 0.3) is 0 Å². The maximum Gasteiger partial charge on any atom is 0.305 e. The van der Waals surface area contributed by atoms with Crippen LogP contribution in [-0.4, -0.2) is 75.9 Å². The summed E-state index contributed by atoms with van der Waals surface area (Å²) in [5.74, 6) is 1.18. The highest BCUT2D eigenvalue weighted by molar-refractivity contribution is 5.79. The minimum atomic E-state index is -0.144. The van der Waals surface area contributed by atoms with Gasteiger partial charge in [0.25, 0.3) is 0 Å². The SMILES string of the molecule is CCOC(=O)CCCNC(=NC)NCC(C(C)C)N1CCOCC1. The number of morpholine rings is 1. The van der Waals surface area contributed by atoms with Crippen LogP contribution in [0.5, 0.6) is 0 Å². The largest absolute Gasteiger partial charge is 0.466 e. The molecular formula is C17H34N4O3. The van der Waals surface area contributed by atoms with Gasteiger partial charge in [-0.25, -0.2) is 0 Å². The van der Waals surface area contributed by atoms with E-state index in [-0.39, 0.29) is 5.97 Å². The lowest BCUT2D eigenvalue weighted by atomic mass is 10.0. The van der Waals surface area contributed by atoms with Crippen LogP contribution in [0.1, 0.15) is 33.6 Å². The van der Waals surface area contributed by atoms with Gasteiger partial charge in [0.1, 0.15) is 0 Å². The zero-order chi connectivity index (χ0) is 17.8. The predicted molar refractivity (Wildman–Crippen MR) is 96.2 cm³/mol. The number of ether oxygens (including phenoxy) is 2. The number of esters is 1. The molecule has 0 amide bonds. The van der Waals surface area contributed by atoms with E-state index in [4.69, 9.17) is 9.47 Å². The lowest BCUT2D eigenvalue weighted by Gasteiger charge is -2.37. The molecule has 7 heteroatoms. The van der Waals surface area contributed by atoms with E-state index in [2.05, 4.69) is 34.4 Å². The van der Waals surface area contributed by atoms with Gasteiger partial charge in [0.2, 0.25) is 0 Å². The predicted octanol–water partition coefficient (Wildman–Crippen LogP) is 0.852. The minimum absolute atomic E-state index is 0.144. The smallest absolute Gasteiger partial charge is 0.305 e. The summed E-state index contributed by atoms with van der Waals surface area (Å²) in [6, 6.07) is 0.451. The Balaban J connectivity index is 2.31. The van der Waals surface area contributed by atoms with Gasteiger partial charge in [-0.3, -0.25) is 14.7 Å². The van der Waals surface area contributed by atoms with Gasteiger partial charge in [0.05, 0.1) is 19.8 Å². The third-order valence-electron chi connectivity index (χ3n) is 4.14. The molecule has 7 nitrogen and oxygen atoms in total. The zero-order valence-electron chi connectivity index (χ0n) is 15.6. The van der Waals surface area contributed by atoms with Crippen molar-refractivity contribution in [1.29, 1.82) is 0 Å². The molecule has 1 saturated heterocycles. The van der Waals surface area contributed by atoms with Crippen molar-refractivity contribution in [2.45, 2.75) is 39.7 Å². The Morgan fingerprint density at radius 3 is 2.58 bits per heavy atom. The molecule has 2 N–H and O–H groups in total. The first-order valence-corrected chi connectivity index (χ1v) is 9.00. The summed E-state index contributed by atoms with van der Waals surface area (Å²) < 4.78 is 10.4. The fourth-order valence-corrected chi connectivity index (χ4v) is 2.79. The number of carbonyl (C=O) groups excluding carboxylic acids is 1. The van der Waals surface area contributed by atoms with Crippen LogP contribution < -0.4 is 10.6 Å². The molecule has 0 bridgehead atoms. The second kappa shape index (κ2) is 12.1. The molecule has 1 atom stereocenters. The van der Waals surface area contributed by atoms with Crippen molar-refractivity contribution < 1.29 is 14.3 Å². The van der Waals surface area contributed by atoms with Crippen molar-refractivity contribution in [3.63, 3.8) is 0 Å². The molecule has 0 spiro atoms. The van der Waals surface area contributed by atoms with E-state index >= 15 is 0 Å². The Morgan fingerprint density at radius 2 is 2.00 bits per heavy atom. The summed E-state index contributed by atoms with van der Waals surface area (Å²) in [5.41, 5.74) is 0. The number of aliphatic imine (C=N–C) groups is 1. The first-order valence-electron chi connectivity index (χ1n) is 9.00. The fourth-order valence-electron chi connectivity index (χ4n) is 2.79. The molecule has 24 heavy (non-hydrogen) atoms. The van der Waals surface area contributed by atoms with Gasteiger partial charge in [-0.15, -0.1) is 0 Å². The molecule has 140 valence electrons. The third kappa shape index (κ3) is 7.97. The quantitative estimate of drug-likeness (QED) is 0.280. The summed E-state index contributed by atoms with van der Waals surface area (Å²) in [6.45, 7) is 11.9. The second-order valence-corrected chi connectivity index (χ2v) is 6.25. The van der Waals surface area contributed by atoms with Gasteiger partial charge in [-0.1, -0.05) is 13.8 Å². The van der Waals surface area contributed by atoms with Gasteiger partial charge in [-0.05, 0) is 19.3 Å².